The Morgan fingerprint density at radius 3 is 1.23 bits per heavy atom. The average molecular weight is 465 g/mol. The molecule has 2 fully saturated rings. The molecule has 2 saturated heterocycles. The predicted molar refractivity (Wildman–Crippen MR) is 126 cm³/mol. The van der Waals surface area contributed by atoms with Gasteiger partial charge in [-0.1, -0.05) is 23.2 Å². The number of anilines is 2. The van der Waals surface area contributed by atoms with E-state index >= 15 is 0 Å². The second-order valence-electron chi connectivity index (χ2n) is 8.26. The third kappa shape index (κ3) is 5.12. The van der Waals surface area contributed by atoms with E-state index in [1.165, 1.54) is 11.4 Å². The molecule has 0 N–H and O–H groups in total. The molecule has 2 aromatic carbocycles. The monoisotopic (exact) mass is 464 g/mol. The number of hydrogen-bond donors (Lipinski definition) is 0. The van der Waals surface area contributed by atoms with Crippen molar-refractivity contribution in [2.75, 3.05) is 50.2 Å². The molecule has 2 aliphatic heterocycles. The molecule has 168 valence electrons. The molecule has 2 aromatic rings. The Balaban J connectivity index is 1.39. The van der Waals surface area contributed by atoms with E-state index in [0.717, 1.165) is 61.9 Å². The summed E-state index contributed by atoms with van der Waals surface area (Å²) in [5.41, 5.74) is 2.35. The minimum atomic E-state index is -0.638. The van der Waals surface area contributed by atoms with E-state index in [4.69, 9.17) is 37.4 Å². The summed E-state index contributed by atoms with van der Waals surface area (Å²) in [6, 6.07) is 16.0. The van der Waals surface area contributed by atoms with E-state index < -0.39 is 11.6 Å². The van der Waals surface area contributed by atoms with Gasteiger partial charge in [-0.15, -0.1) is 0 Å². The first-order valence-electron chi connectivity index (χ1n) is 10.8. The topological polar surface area (TPSA) is 34.2 Å². The standard InChI is InChI=1S/C24H30Cl2N2O3/c1-29-23(11-15-27(16-12-23)21-7-3-19(25)4-8-21)31-24(30-2)13-17-28(18-14-24)22-9-5-20(26)6-10-22/h3-10H,11-18H2,1-2H3. The highest BCUT2D eigenvalue weighted by Crippen LogP contribution is 2.39. The zero-order chi connectivity index (χ0) is 21.9. The summed E-state index contributed by atoms with van der Waals surface area (Å²) in [6.07, 6.45) is 3.10. The second-order valence-corrected chi connectivity index (χ2v) is 9.13. The summed E-state index contributed by atoms with van der Waals surface area (Å²) in [5, 5.41) is 1.50. The first-order valence-corrected chi connectivity index (χ1v) is 11.5. The second kappa shape index (κ2) is 9.55. The van der Waals surface area contributed by atoms with Crippen LogP contribution in [0.3, 0.4) is 0 Å². The first-order chi connectivity index (χ1) is 15.0. The Kier molecular flexibility index (Phi) is 6.99. The van der Waals surface area contributed by atoms with Crippen LogP contribution in [0.2, 0.25) is 10.0 Å². The Morgan fingerprint density at radius 2 is 0.935 bits per heavy atom. The van der Waals surface area contributed by atoms with Crippen LogP contribution in [-0.4, -0.2) is 52.0 Å². The maximum Gasteiger partial charge on any atom is 0.174 e. The molecular weight excluding hydrogens is 435 g/mol. The Hall–Kier alpha value is -1.50. The van der Waals surface area contributed by atoms with Gasteiger partial charge in [-0.2, -0.15) is 0 Å². The number of ether oxygens (including phenoxy) is 3. The van der Waals surface area contributed by atoms with Crippen molar-refractivity contribution >= 4 is 34.6 Å². The average Bonchev–Trinajstić information content (AvgIpc) is 2.81. The molecule has 0 unspecified atom stereocenters. The number of halogens is 2. The van der Waals surface area contributed by atoms with Gasteiger partial charge in [0.25, 0.3) is 0 Å². The van der Waals surface area contributed by atoms with E-state index in [9.17, 15) is 0 Å². The van der Waals surface area contributed by atoms with Crippen LogP contribution in [-0.2, 0) is 14.2 Å². The molecule has 0 aromatic heterocycles. The van der Waals surface area contributed by atoms with Gasteiger partial charge in [-0.05, 0) is 48.5 Å². The van der Waals surface area contributed by atoms with Crippen LogP contribution in [0.1, 0.15) is 25.7 Å². The highest BCUT2D eigenvalue weighted by Gasteiger charge is 2.46. The molecular formula is C24H30Cl2N2O3. The van der Waals surface area contributed by atoms with E-state index in [2.05, 4.69) is 34.1 Å². The quantitative estimate of drug-likeness (QED) is 0.519. The van der Waals surface area contributed by atoms with Gasteiger partial charge in [0, 0.05) is 87.5 Å². The molecule has 2 heterocycles. The van der Waals surface area contributed by atoms with Crippen LogP contribution in [0.5, 0.6) is 0 Å². The Bertz CT molecular complexity index is 773. The lowest BCUT2D eigenvalue weighted by Gasteiger charge is -2.49. The predicted octanol–water partition coefficient (Wildman–Crippen LogP) is 5.60. The van der Waals surface area contributed by atoms with Crippen LogP contribution in [0.25, 0.3) is 0 Å². The summed E-state index contributed by atoms with van der Waals surface area (Å²) in [6.45, 7) is 3.41. The molecule has 0 saturated carbocycles. The molecule has 0 spiro atoms. The molecule has 0 radical (unpaired) electrons. The SMILES string of the molecule is COC1(OC2(OC)CCN(c3ccc(Cl)cc3)CC2)CCN(c2ccc(Cl)cc2)CC1. The van der Waals surface area contributed by atoms with Gasteiger partial charge in [0.15, 0.2) is 11.6 Å². The van der Waals surface area contributed by atoms with Crippen molar-refractivity contribution in [1.29, 1.82) is 0 Å². The molecule has 4 rings (SSSR count). The maximum absolute atomic E-state index is 6.67. The summed E-state index contributed by atoms with van der Waals surface area (Å²) < 4.78 is 18.6. The van der Waals surface area contributed by atoms with Crippen molar-refractivity contribution in [2.45, 2.75) is 37.3 Å². The lowest BCUT2D eigenvalue weighted by Crippen LogP contribution is -2.56. The van der Waals surface area contributed by atoms with Gasteiger partial charge in [-0.3, -0.25) is 0 Å². The van der Waals surface area contributed by atoms with Gasteiger partial charge < -0.3 is 24.0 Å². The summed E-state index contributed by atoms with van der Waals surface area (Å²) in [7, 11) is 3.48. The Labute approximate surface area is 194 Å². The van der Waals surface area contributed by atoms with Gasteiger partial charge in [-0.25, -0.2) is 0 Å². The van der Waals surface area contributed by atoms with Crippen molar-refractivity contribution in [3.63, 3.8) is 0 Å². The van der Waals surface area contributed by atoms with Crippen molar-refractivity contribution in [2.24, 2.45) is 0 Å². The number of hydrogen-bond acceptors (Lipinski definition) is 5. The van der Waals surface area contributed by atoms with Crippen molar-refractivity contribution in [1.82, 2.24) is 0 Å². The summed E-state index contributed by atoms with van der Waals surface area (Å²) in [5.74, 6) is -1.28. The fourth-order valence-electron chi connectivity index (χ4n) is 4.55. The van der Waals surface area contributed by atoms with Gasteiger partial charge in [0.05, 0.1) is 0 Å². The molecule has 0 bridgehead atoms. The summed E-state index contributed by atoms with van der Waals surface area (Å²) in [4.78, 5) is 4.69. The molecule has 5 nitrogen and oxygen atoms in total. The largest absolute Gasteiger partial charge is 0.371 e. The molecule has 0 aliphatic carbocycles. The first kappa shape index (κ1) is 22.7. The number of nitrogens with zero attached hydrogens (tertiary/aromatic N) is 2. The normalized spacial score (nSPS) is 20.6. The highest BCUT2D eigenvalue weighted by molar-refractivity contribution is 6.30. The Morgan fingerprint density at radius 1 is 0.613 bits per heavy atom. The third-order valence-corrected chi connectivity index (χ3v) is 7.05. The van der Waals surface area contributed by atoms with Crippen LogP contribution in [0, 0.1) is 0 Å². The fraction of sp³-hybridized carbons (Fsp3) is 0.500. The molecule has 0 amide bonds. The van der Waals surface area contributed by atoms with Crippen LogP contribution in [0.15, 0.2) is 48.5 Å². The maximum atomic E-state index is 6.67. The van der Waals surface area contributed by atoms with E-state index in [-0.39, 0.29) is 0 Å². The van der Waals surface area contributed by atoms with Crippen molar-refractivity contribution in [3.8, 4) is 0 Å². The number of rotatable bonds is 6. The number of methoxy groups -OCH3 is 2. The zero-order valence-corrected chi connectivity index (χ0v) is 19.7. The highest BCUT2D eigenvalue weighted by atomic mass is 35.5. The van der Waals surface area contributed by atoms with Crippen LogP contribution < -0.4 is 9.80 Å². The van der Waals surface area contributed by atoms with E-state index in [1.54, 1.807) is 14.2 Å². The lowest BCUT2D eigenvalue weighted by molar-refractivity contribution is -0.358. The van der Waals surface area contributed by atoms with Crippen LogP contribution in [0.4, 0.5) is 11.4 Å². The number of piperidine rings is 2. The van der Waals surface area contributed by atoms with Gasteiger partial charge in [0.2, 0.25) is 0 Å². The van der Waals surface area contributed by atoms with Crippen molar-refractivity contribution in [3.05, 3.63) is 58.6 Å². The lowest BCUT2D eigenvalue weighted by atomic mass is 9.98. The smallest absolute Gasteiger partial charge is 0.174 e. The summed E-state index contributed by atoms with van der Waals surface area (Å²) >= 11 is 12.1. The van der Waals surface area contributed by atoms with Crippen LogP contribution >= 0.6 is 23.2 Å². The minimum absolute atomic E-state index is 0.638. The van der Waals surface area contributed by atoms with E-state index in [0.29, 0.717) is 0 Å². The third-order valence-electron chi connectivity index (χ3n) is 6.55. The zero-order valence-electron chi connectivity index (χ0n) is 18.2. The minimum Gasteiger partial charge on any atom is -0.371 e. The van der Waals surface area contributed by atoms with Gasteiger partial charge >= 0.3 is 0 Å². The number of benzene rings is 2. The van der Waals surface area contributed by atoms with E-state index in [1.807, 2.05) is 24.3 Å². The van der Waals surface area contributed by atoms with Crippen molar-refractivity contribution < 1.29 is 14.2 Å². The molecule has 2 aliphatic rings. The molecule has 31 heavy (non-hydrogen) atoms. The molecule has 7 heteroatoms. The molecule has 0 atom stereocenters. The van der Waals surface area contributed by atoms with Gasteiger partial charge in [0.1, 0.15) is 0 Å². The fourth-order valence-corrected chi connectivity index (χ4v) is 4.80.